The normalized spacial score (nSPS) is 19.1. The lowest BCUT2D eigenvalue weighted by Gasteiger charge is -2.35. The molecule has 2 saturated heterocycles. The summed E-state index contributed by atoms with van der Waals surface area (Å²) in [7, 11) is 0. The molecule has 2 rings (SSSR count). The lowest BCUT2D eigenvalue weighted by molar-refractivity contribution is -0.140. The highest BCUT2D eigenvalue weighted by Gasteiger charge is 2.24. The number of rotatable bonds is 11. The Morgan fingerprint density at radius 3 is 2.31 bits per heavy atom. The molecule has 2 N–H and O–H groups in total. The lowest BCUT2D eigenvalue weighted by atomic mass is 10.1. The SMILES string of the molecule is CCNC(=NCC1CCCO1)NCCCCCC(=O)N1CCN(C(=O)CC(C)C)CC1.I. The van der Waals surface area contributed by atoms with Crippen LogP contribution in [0, 0.1) is 5.92 Å². The first-order valence-corrected chi connectivity index (χ1v) is 12.2. The maximum absolute atomic E-state index is 12.5. The van der Waals surface area contributed by atoms with Crippen molar-refractivity contribution in [3.63, 3.8) is 0 Å². The Labute approximate surface area is 211 Å². The molecule has 2 aliphatic rings. The molecular weight excluding hydrogens is 521 g/mol. The largest absolute Gasteiger partial charge is 0.376 e. The Morgan fingerprint density at radius 1 is 1.03 bits per heavy atom. The summed E-state index contributed by atoms with van der Waals surface area (Å²) in [5.41, 5.74) is 0. The monoisotopic (exact) mass is 565 g/mol. The van der Waals surface area contributed by atoms with E-state index in [0.29, 0.717) is 51.5 Å². The van der Waals surface area contributed by atoms with Crippen LogP contribution in [-0.2, 0) is 14.3 Å². The van der Waals surface area contributed by atoms with Gasteiger partial charge >= 0.3 is 0 Å². The van der Waals surface area contributed by atoms with Gasteiger partial charge in [-0.3, -0.25) is 14.6 Å². The number of nitrogens with one attached hydrogen (secondary N) is 2. The Morgan fingerprint density at radius 2 is 1.72 bits per heavy atom. The van der Waals surface area contributed by atoms with E-state index in [1.165, 1.54) is 0 Å². The van der Waals surface area contributed by atoms with Gasteiger partial charge in [-0.1, -0.05) is 20.3 Å². The maximum Gasteiger partial charge on any atom is 0.222 e. The van der Waals surface area contributed by atoms with Crippen molar-refractivity contribution < 1.29 is 14.3 Å². The molecule has 2 amide bonds. The van der Waals surface area contributed by atoms with Gasteiger partial charge in [0.1, 0.15) is 0 Å². The van der Waals surface area contributed by atoms with E-state index in [9.17, 15) is 9.59 Å². The third kappa shape index (κ3) is 11.2. The summed E-state index contributed by atoms with van der Waals surface area (Å²) in [6.07, 6.45) is 6.60. The smallest absolute Gasteiger partial charge is 0.222 e. The first-order valence-electron chi connectivity index (χ1n) is 12.2. The second kappa shape index (κ2) is 16.5. The van der Waals surface area contributed by atoms with Crippen LogP contribution in [-0.4, -0.2) is 86.1 Å². The fraction of sp³-hybridized carbons (Fsp3) is 0.870. The minimum Gasteiger partial charge on any atom is -0.376 e. The van der Waals surface area contributed by atoms with Gasteiger partial charge in [-0.2, -0.15) is 0 Å². The second-order valence-corrected chi connectivity index (χ2v) is 8.95. The number of piperazine rings is 1. The molecule has 0 aromatic carbocycles. The molecule has 186 valence electrons. The van der Waals surface area contributed by atoms with E-state index in [1.54, 1.807) is 0 Å². The van der Waals surface area contributed by atoms with Gasteiger partial charge in [0.15, 0.2) is 5.96 Å². The zero-order valence-electron chi connectivity index (χ0n) is 20.2. The zero-order chi connectivity index (χ0) is 22.5. The number of unbranched alkanes of at least 4 members (excludes halogenated alkanes) is 2. The molecular formula is C23H44IN5O3. The molecule has 8 nitrogen and oxygen atoms in total. The number of aliphatic imine (C=N–C) groups is 1. The van der Waals surface area contributed by atoms with Crippen LogP contribution >= 0.6 is 24.0 Å². The number of ether oxygens (including phenoxy) is 1. The van der Waals surface area contributed by atoms with E-state index in [-0.39, 0.29) is 41.9 Å². The lowest BCUT2D eigenvalue weighted by Crippen LogP contribution is -2.50. The topological polar surface area (TPSA) is 86.3 Å². The van der Waals surface area contributed by atoms with Crippen LogP contribution in [0.5, 0.6) is 0 Å². The van der Waals surface area contributed by atoms with Gasteiger partial charge < -0.3 is 25.2 Å². The molecule has 0 saturated carbocycles. The van der Waals surface area contributed by atoms with E-state index < -0.39 is 0 Å². The van der Waals surface area contributed by atoms with Crippen LogP contribution in [0.15, 0.2) is 4.99 Å². The first kappa shape index (κ1) is 28.9. The van der Waals surface area contributed by atoms with E-state index in [0.717, 1.165) is 57.8 Å². The number of halogens is 1. The summed E-state index contributed by atoms with van der Waals surface area (Å²) in [4.78, 5) is 33.0. The summed E-state index contributed by atoms with van der Waals surface area (Å²) in [6, 6.07) is 0. The van der Waals surface area contributed by atoms with Gasteiger partial charge in [0.2, 0.25) is 11.8 Å². The van der Waals surface area contributed by atoms with Crippen LogP contribution in [0.2, 0.25) is 0 Å². The van der Waals surface area contributed by atoms with E-state index >= 15 is 0 Å². The fourth-order valence-electron chi connectivity index (χ4n) is 3.95. The third-order valence-corrected chi connectivity index (χ3v) is 5.75. The number of guanidine groups is 1. The number of amides is 2. The van der Waals surface area contributed by atoms with Crippen molar-refractivity contribution in [2.45, 2.75) is 71.8 Å². The maximum atomic E-state index is 12.5. The summed E-state index contributed by atoms with van der Waals surface area (Å²) in [5, 5.41) is 6.65. The zero-order valence-corrected chi connectivity index (χ0v) is 22.6. The third-order valence-electron chi connectivity index (χ3n) is 5.75. The van der Waals surface area contributed by atoms with E-state index in [1.807, 2.05) is 9.80 Å². The highest BCUT2D eigenvalue weighted by molar-refractivity contribution is 14.0. The Balaban J connectivity index is 0.00000512. The minimum atomic E-state index is 0. The predicted octanol–water partition coefficient (Wildman–Crippen LogP) is 2.62. The minimum absolute atomic E-state index is 0. The predicted molar refractivity (Wildman–Crippen MR) is 139 cm³/mol. The fourth-order valence-corrected chi connectivity index (χ4v) is 3.95. The van der Waals surface area contributed by atoms with Crippen molar-refractivity contribution in [3.8, 4) is 0 Å². The number of nitrogens with zero attached hydrogens (tertiary/aromatic N) is 3. The molecule has 2 aliphatic heterocycles. The van der Waals surface area contributed by atoms with Gasteiger partial charge in [0.25, 0.3) is 0 Å². The van der Waals surface area contributed by atoms with Crippen LogP contribution in [0.1, 0.15) is 65.7 Å². The molecule has 0 aromatic rings. The van der Waals surface area contributed by atoms with Crippen LogP contribution in [0.3, 0.4) is 0 Å². The van der Waals surface area contributed by atoms with E-state index in [2.05, 4.69) is 36.4 Å². The Kier molecular flexibility index (Phi) is 14.9. The molecule has 2 fully saturated rings. The van der Waals surface area contributed by atoms with Gasteiger partial charge in [-0.05, 0) is 38.5 Å². The molecule has 0 bridgehead atoms. The van der Waals surface area contributed by atoms with Gasteiger partial charge in [0.05, 0.1) is 12.6 Å². The average Bonchev–Trinajstić information content (AvgIpc) is 3.27. The van der Waals surface area contributed by atoms with Crippen molar-refractivity contribution in [2.24, 2.45) is 10.9 Å². The quantitative estimate of drug-likeness (QED) is 0.174. The molecule has 1 atom stereocenters. The average molecular weight is 566 g/mol. The number of hydrogen-bond donors (Lipinski definition) is 2. The van der Waals surface area contributed by atoms with Crippen molar-refractivity contribution in [1.29, 1.82) is 0 Å². The summed E-state index contributed by atoms with van der Waals surface area (Å²) in [6.45, 7) is 12.1. The standard InChI is InChI=1S/C23H43N5O3.HI/c1-4-24-23(26-18-20-9-8-16-31-20)25-11-7-5-6-10-21(29)27-12-14-28(15-13-27)22(30)17-19(2)3;/h19-20H,4-18H2,1-3H3,(H2,24,25,26);1H. The molecule has 0 spiro atoms. The molecule has 0 aliphatic carbocycles. The molecule has 9 heteroatoms. The second-order valence-electron chi connectivity index (χ2n) is 8.95. The first-order chi connectivity index (χ1) is 15.0. The molecule has 0 aromatic heterocycles. The highest BCUT2D eigenvalue weighted by Crippen LogP contribution is 2.12. The van der Waals surface area contributed by atoms with Crippen LogP contribution in [0.4, 0.5) is 0 Å². The van der Waals surface area contributed by atoms with Crippen molar-refractivity contribution in [3.05, 3.63) is 0 Å². The Bertz CT molecular complexity index is 574. The van der Waals surface area contributed by atoms with Crippen molar-refractivity contribution in [1.82, 2.24) is 20.4 Å². The summed E-state index contributed by atoms with van der Waals surface area (Å²) in [5.74, 6) is 1.66. The van der Waals surface area contributed by atoms with Crippen LogP contribution < -0.4 is 10.6 Å². The van der Waals surface area contributed by atoms with E-state index in [4.69, 9.17) is 4.74 Å². The number of hydrogen-bond acceptors (Lipinski definition) is 4. The molecule has 2 heterocycles. The van der Waals surface area contributed by atoms with Gasteiger partial charge in [-0.15, -0.1) is 24.0 Å². The van der Waals surface area contributed by atoms with Crippen molar-refractivity contribution >= 4 is 41.8 Å². The van der Waals surface area contributed by atoms with Gasteiger partial charge in [-0.25, -0.2) is 0 Å². The summed E-state index contributed by atoms with van der Waals surface area (Å²) < 4.78 is 5.63. The van der Waals surface area contributed by atoms with Crippen LogP contribution in [0.25, 0.3) is 0 Å². The number of carbonyl (C=O) groups excluding carboxylic acids is 2. The highest BCUT2D eigenvalue weighted by atomic mass is 127. The number of carbonyl (C=O) groups is 2. The van der Waals surface area contributed by atoms with Gasteiger partial charge in [0, 0.05) is 58.7 Å². The summed E-state index contributed by atoms with van der Waals surface area (Å²) >= 11 is 0. The molecule has 0 radical (unpaired) electrons. The molecule has 1 unspecified atom stereocenters. The molecule has 32 heavy (non-hydrogen) atoms. The Hall–Kier alpha value is -1.10. The van der Waals surface area contributed by atoms with Crippen molar-refractivity contribution in [2.75, 3.05) is 52.4 Å².